The predicted molar refractivity (Wildman–Crippen MR) is 89.3 cm³/mol. The lowest BCUT2D eigenvalue weighted by atomic mass is 10.3. The van der Waals surface area contributed by atoms with Gasteiger partial charge in [0.15, 0.2) is 0 Å². The van der Waals surface area contributed by atoms with Gasteiger partial charge in [0.25, 0.3) is 0 Å². The molecule has 1 aliphatic heterocycles. The van der Waals surface area contributed by atoms with Crippen molar-refractivity contribution in [1.82, 2.24) is 30.1 Å². The number of hydrogen-bond acceptors (Lipinski definition) is 8. The number of aromatic nitrogens is 4. The molecule has 0 spiro atoms. The van der Waals surface area contributed by atoms with Crippen LogP contribution in [-0.4, -0.2) is 56.3 Å². The van der Waals surface area contributed by atoms with E-state index in [0.717, 1.165) is 49.9 Å². The first kappa shape index (κ1) is 15.9. The van der Waals surface area contributed by atoms with E-state index in [4.69, 9.17) is 9.05 Å². The Hall–Kier alpha value is -2.58. The minimum atomic E-state index is 0.538. The number of pyridine rings is 1. The molecule has 0 aromatic carbocycles. The van der Waals surface area contributed by atoms with Gasteiger partial charge in [-0.3, -0.25) is 14.8 Å². The van der Waals surface area contributed by atoms with Crippen molar-refractivity contribution in [3.8, 4) is 11.5 Å². The van der Waals surface area contributed by atoms with E-state index >= 15 is 0 Å². The summed E-state index contributed by atoms with van der Waals surface area (Å²) < 4.78 is 10.5. The standard InChI is InChI=1S/C17H20N6O2/c1-13-10-14(20-24-13)11-22-6-8-23(9-7-22)12-16-19-17(21-25-16)15-4-2-3-5-18-15/h2-5,10H,6-9,11-12H2,1H3. The van der Waals surface area contributed by atoms with Crippen molar-refractivity contribution >= 4 is 0 Å². The van der Waals surface area contributed by atoms with Crippen molar-refractivity contribution in [1.29, 1.82) is 0 Å². The molecule has 1 saturated heterocycles. The quantitative estimate of drug-likeness (QED) is 0.694. The summed E-state index contributed by atoms with van der Waals surface area (Å²) in [7, 11) is 0. The predicted octanol–water partition coefficient (Wildman–Crippen LogP) is 1.75. The van der Waals surface area contributed by atoms with E-state index in [1.54, 1.807) is 6.20 Å². The third-order valence-electron chi connectivity index (χ3n) is 4.25. The highest BCUT2D eigenvalue weighted by molar-refractivity contribution is 5.46. The molecule has 0 unspecified atom stereocenters. The highest BCUT2D eigenvalue weighted by atomic mass is 16.5. The van der Waals surface area contributed by atoms with Crippen molar-refractivity contribution in [3.63, 3.8) is 0 Å². The van der Waals surface area contributed by atoms with Gasteiger partial charge in [0.05, 0.1) is 12.2 Å². The van der Waals surface area contributed by atoms with Gasteiger partial charge < -0.3 is 9.05 Å². The molecule has 8 nitrogen and oxygen atoms in total. The average Bonchev–Trinajstić information content (AvgIpc) is 3.27. The second-order valence-electron chi connectivity index (χ2n) is 6.21. The molecule has 4 rings (SSSR count). The number of nitrogens with zero attached hydrogens (tertiary/aromatic N) is 6. The van der Waals surface area contributed by atoms with Crippen LogP contribution < -0.4 is 0 Å². The first-order chi connectivity index (χ1) is 12.3. The molecule has 0 amide bonds. The Morgan fingerprint density at radius 1 is 1.00 bits per heavy atom. The molecule has 0 bridgehead atoms. The summed E-state index contributed by atoms with van der Waals surface area (Å²) in [6.45, 7) is 7.28. The van der Waals surface area contributed by atoms with Gasteiger partial charge in [0.2, 0.25) is 11.7 Å². The minimum absolute atomic E-state index is 0.538. The van der Waals surface area contributed by atoms with Gasteiger partial charge in [-0.05, 0) is 19.1 Å². The summed E-state index contributed by atoms with van der Waals surface area (Å²) in [5, 5.41) is 8.08. The van der Waals surface area contributed by atoms with Crippen molar-refractivity contribution < 1.29 is 9.05 Å². The van der Waals surface area contributed by atoms with Crippen molar-refractivity contribution in [3.05, 3.63) is 47.8 Å². The Labute approximate surface area is 145 Å². The highest BCUT2D eigenvalue weighted by Crippen LogP contribution is 2.14. The second kappa shape index (κ2) is 7.12. The van der Waals surface area contributed by atoms with E-state index in [-0.39, 0.29) is 0 Å². The van der Waals surface area contributed by atoms with Crippen LogP contribution in [0.2, 0.25) is 0 Å². The number of hydrogen-bond donors (Lipinski definition) is 0. The normalized spacial score (nSPS) is 16.4. The van der Waals surface area contributed by atoms with E-state index < -0.39 is 0 Å². The number of aryl methyl sites for hydroxylation is 1. The maximum atomic E-state index is 5.37. The van der Waals surface area contributed by atoms with E-state index in [0.29, 0.717) is 18.3 Å². The number of piperazine rings is 1. The molecular weight excluding hydrogens is 320 g/mol. The maximum Gasteiger partial charge on any atom is 0.241 e. The van der Waals surface area contributed by atoms with Crippen LogP contribution in [0.15, 0.2) is 39.5 Å². The molecule has 0 atom stereocenters. The van der Waals surface area contributed by atoms with Gasteiger partial charge in [-0.15, -0.1) is 0 Å². The molecular formula is C17H20N6O2. The fourth-order valence-corrected chi connectivity index (χ4v) is 2.94. The van der Waals surface area contributed by atoms with Crippen LogP contribution in [0.5, 0.6) is 0 Å². The summed E-state index contributed by atoms with van der Waals surface area (Å²) >= 11 is 0. The molecule has 1 fully saturated rings. The summed E-state index contributed by atoms with van der Waals surface area (Å²) in [6.07, 6.45) is 1.72. The molecule has 4 heterocycles. The Bertz CT molecular complexity index is 807. The van der Waals surface area contributed by atoms with Gasteiger partial charge in [-0.2, -0.15) is 4.98 Å². The van der Waals surface area contributed by atoms with Crippen LogP contribution in [0, 0.1) is 6.92 Å². The van der Waals surface area contributed by atoms with Gasteiger partial charge in [-0.25, -0.2) is 0 Å². The summed E-state index contributed by atoms with van der Waals surface area (Å²) in [4.78, 5) is 13.4. The molecule has 0 N–H and O–H groups in total. The minimum Gasteiger partial charge on any atom is -0.361 e. The third-order valence-corrected chi connectivity index (χ3v) is 4.25. The monoisotopic (exact) mass is 340 g/mol. The Kier molecular flexibility index (Phi) is 4.53. The Morgan fingerprint density at radius 2 is 1.80 bits per heavy atom. The summed E-state index contributed by atoms with van der Waals surface area (Å²) in [6, 6.07) is 7.64. The molecule has 8 heteroatoms. The zero-order valence-electron chi connectivity index (χ0n) is 14.1. The van der Waals surface area contributed by atoms with Crippen LogP contribution >= 0.6 is 0 Å². The lowest BCUT2D eigenvalue weighted by Gasteiger charge is -2.33. The summed E-state index contributed by atoms with van der Waals surface area (Å²) in [5.74, 6) is 2.02. The Balaban J connectivity index is 1.29. The van der Waals surface area contributed by atoms with Crippen molar-refractivity contribution in [2.24, 2.45) is 0 Å². The average molecular weight is 340 g/mol. The third kappa shape index (κ3) is 3.92. The van der Waals surface area contributed by atoms with E-state index in [1.165, 1.54) is 0 Å². The van der Waals surface area contributed by atoms with Gasteiger partial charge in [0, 0.05) is 45.0 Å². The zero-order chi connectivity index (χ0) is 17.1. The fourth-order valence-electron chi connectivity index (χ4n) is 2.94. The maximum absolute atomic E-state index is 5.37. The largest absolute Gasteiger partial charge is 0.361 e. The molecule has 0 radical (unpaired) electrons. The lowest BCUT2D eigenvalue weighted by molar-refractivity contribution is 0.110. The molecule has 1 aliphatic rings. The van der Waals surface area contributed by atoms with Crippen molar-refractivity contribution in [2.45, 2.75) is 20.0 Å². The smallest absolute Gasteiger partial charge is 0.241 e. The topological polar surface area (TPSA) is 84.3 Å². The summed E-state index contributed by atoms with van der Waals surface area (Å²) in [5.41, 5.74) is 1.72. The second-order valence-corrected chi connectivity index (χ2v) is 6.21. The van der Waals surface area contributed by atoms with E-state index in [2.05, 4.69) is 30.1 Å². The molecule has 25 heavy (non-hydrogen) atoms. The SMILES string of the molecule is Cc1cc(CN2CCN(Cc3nc(-c4ccccn4)no3)CC2)no1. The molecule has 3 aromatic heterocycles. The van der Waals surface area contributed by atoms with Gasteiger partial charge in [0.1, 0.15) is 11.5 Å². The van der Waals surface area contributed by atoms with Crippen molar-refractivity contribution in [2.75, 3.05) is 26.2 Å². The van der Waals surface area contributed by atoms with Crippen LogP contribution in [0.3, 0.4) is 0 Å². The van der Waals surface area contributed by atoms with Gasteiger partial charge >= 0.3 is 0 Å². The van der Waals surface area contributed by atoms with Crippen LogP contribution in [-0.2, 0) is 13.1 Å². The molecule has 0 aliphatic carbocycles. The number of rotatable bonds is 5. The first-order valence-electron chi connectivity index (χ1n) is 8.37. The van der Waals surface area contributed by atoms with Crippen LogP contribution in [0.25, 0.3) is 11.5 Å². The van der Waals surface area contributed by atoms with E-state index in [1.807, 2.05) is 31.2 Å². The molecule has 0 saturated carbocycles. The Morgan fingerprint density at radius 3 is 2.48 bits per heavy atom. The lowest BCUT2D eigenvalue weighted by Crippen LogP contribution is -2.45. The zero-order valence-corrected chi connectivity index (χ0v) is 14.1. The molecule has 3 aromatic rings. The highest BCUT2D eigenvalue weighted by Gasteiger charge is 2.20. The van der Waals surface area contributed by atoms with Crippen LogP contribution in [0.4, 0.5) is 0 Å². The fraction of sp³-hybridized carbons (Fsp3) is 0.412. The molecule has 130 valence electrons. The first-order valence-corrected chi connectivity index (χ1v) is 8.37. The van der Waals surface area contributed by atoms with Crippen LogP contribution in [0.1, 0.15) is 17.3 Å². The van der Waals surface area contributed by atoms with E-state index in [9.17, 15) is 0 Å². The van der Waals surface area contributed by atoms with Gasteiger partial charge in [-0.1, -0.05) is 16.4 Å².